The zero-order valence-electron chi connectivity index (χ0n) is 22.0. The van der Waals surface area contributed by atoms with E-state index in [9.17, 15) is 0 Å². The molecular formula is C37H23N3O. The fourth-order valence-electron chi connectivity index (χ4n) is 5.47. The molecule has 0 saturated carbocycles. The Hall–Kier alpha value is -5.61. The number of benzene rings is 6. The summed E-state index contributed by atoms with van der Waals surface area (Å²) < 4.78 is 6.36. The second-order valence-corrected chi connectivity index (χ2v) is 10.1. The topological polar surface area (TPSA) is 51.8 Å². The van der Waals surface area contributed by atoms with E-state index in [1.165, 1.54) is 5.39 Å². The highest BCUT2D eigenvalue weighted by atomic mass is 16.3. The Morgan fingerprint density at radius 3 is 1.90 bits per heavy atom. The maximum atomic E-state index is 6.36. The van der Waals surface area contributed by atoms with E-state index in [0.717, 1.165) is 55.1 Å². The summed E-state index contributed by atoms with van der Waals surface area (Å²) in [6.07, 6.45) is 0. The third-order valence-electron chi connectivity index (χ3n) is 7.52. The Bertz CT molecular complexity index is 2220. The number of rotatable bonds is 4. The molecule has 4 heteroatoms. The minimum absolute atomic E-state index is 0.577. The van der Waals surface area contributed by atoms with Crippen LogP contribution in [0, 0.1) is 0 Å². The van der Waals surface area contributed by atoms with Gasteiger partial charge in [-0.1, -0.05) is 115 Å². The maximum Gasteiger partial charge on any atom is 0.167 e. The number of hydrogen-bond acceptors (Lipinski definition) is 4. The smallest absolute Gasteiger partial charge is 0.167 e. The fraction of sp³-hybridized carbons (Fsp3) is 0. The Balaban J connectivity index is 1.36. The SMILES string of the molecule is c1ccc(-c2cccc(-c3nc(-c4ccc5ccccc5c4)nc(-c4cccc5c4oc4ccccc45)n3)c2)cc1. The highest BCUT2D eigenvalue weighted by molar-refractivity contribution is 6.09. The predicted octanol–water partition coefficient (Wildman–Crippen LogP) is 9.59. The molecule has 0 unspecified atom stereocenters. The Morgan fingerprint density at radius 1 is 0.390 bits per heavy atom. The van der Waals surface area contributed by atoms with Crippen molar-refractivity contribution in [3.05, 3.63) is 140 Å². The Morgan fingerprint density at radius 2 is 1.02 bits per heavy atom. The van der Waals surface area contributed by atoms with Gasteiger partial charge in [-0.15, -0.1) is 0 Å². The number of hydrogen-bond donors (Lipinski definition) is 0. The summed E-state index contributed by atoms with van der Waals surface area (Å²) in [5.74, 6) is 1.81. The summed E-state index contributed by atoms with van der Waals surface area (Å²) in [6, 6.07) is 47.6. The molecule has 2 heterocycles. The molecule has 0 bridgehead atoms. The molecule has 0 spiro atoms. The summed E-state index contributed by atoms with van der Waals surface area (Å²) in [5, 5.41) is 4.43. The molecular weight excluding hydrogens is 502 g/mol. The fourth-order valence-corrected chi connectivity index (χ4v) is 5.47. The van der Waals surface area contributed by atoms with Crippen molar-refractivity contribution < 1.29 is 4.42 Å². The van der Waals surface area contributed by atoms with Crippen LogP contribution in [0.1, 0.15) is 0 Å². The van der Waals surface area contributed by atoms with Gasteiger partial charge in [0, 0.05) is 21.9 Å². The predicted molar refractivity (Wildman–Crippen MR) is 166 cm³/mol. The van der Waals surface area contributed by atoms with E-state index < -0.39 is 0 Å². The Labute approximate surface area is 236 Å². The number of fused-ring (bicyclic) bond motifs is 4. The molecule has 0 aliphatic carbocycles. The zero-order chi connectivity index (χ0) is 27.2. The first kappa shape index (κ1) is 23.3. The third kappa shape index (κ3) is 4.14. The summed E-state index contributed by atoms with van der Waals surface area (Å²) in [5.41, 5.74) is 6.56. The lowest BCUT2D eigenvalue weighted by molar-refractivity contribution is 0.669. The van der Waals surface area contributed by atoms with Gasteiger partial charge in [0.25, 0.3) is 0 Å². The van der Waals surface area contributed by atoms with Gasteiger partial charge in [-0.05, 0) is 46.2 Å². The summed E-state index contributed by atoms with van der Waals surface area (Å²) >= 11 is 0. The van der Waals surface area contributed by atoms with Crippen LogP contribution in [0.3, 0.4) is 0 Å². The quantitative estimate of drug-likeness (QED) is 0.230. The van der Waals surface area contributed by atoms with Crippen LogP contribution >= 0.6 is 0 Å². The average molecular weight is 526 g/mol. The van der Waals surface area contributed by atoms with E-state index in [4.69, 9.17) is 19.4 Å². The molecule has 0 aliphatic heterocycles. The average Bonchev–Trinajstić information content (AvgIpc) is 3.44. The minimum atomic E-state index is 0.577. The van der Waals surface area contributed by atoms with Crippen LogP contribution in [0.5, 0.6) is 0 Å². The van der Waals surface area contributed by atoms with Gasteiger partial charge in [-0.2, -0.15) is 0 Å². The van der Waals surface area contributed by atoms with E-state index in [-0.39, 0.29) is 0 Å². The van der Waals surface area contributed by atoms with Gasteiger partial charge in [0.1, 0.15) is 11.2 Å². The molecule has 192 valence electrons. The lowest BCUT2D eigenvalue weighted by Gasteiger charge is -2.10. The van der Waals surface area contributed by atoms with Crippen LogP contribution in [0.4, 0.5) is 0 Å². The van der Waals surface area contributed by atoms with Crippen LogP contribution in [0.15, 0.2) is 144 Å². The molecule has 0 fully saturated rings. The van der Waals surface area contributed by atoms with Crippen LogP contribution in [-0.4, -0.2) is 15.0 Å². The molecule has 2 aromatic heterocycles. The lowest BCUT2D eigenvalue weighted by atomic mass is 10.0. The third-order valence-corrected chi connectivity index (χ3v) is 7.52. The first-order valence-electron chi connectivity index (χ1n) is 13.6. The van der Waals surface area contributed by atoms with Gasteiger partial charge in [0.05, 0.1) is 5.56 Å². The molecule has 8 aromatic rings. The normalized spacial score (nSPS) is 11.4. The van der Waals surface area contributed by atoms with Crippen molar-refractivity contribution in [2.24, 2.45) is 0 Å². The molecule has 0 saturated heterocycles. The Kier molecular flexibility index (Phi) is 5.42. The first-order valence-corrected chi connectivity index (χ1v) is 13.6. The summed E-state index contributed by atoms with van der Waals surface area (Å²) in [6.45, 7) is 0. The second-order valence-electron chi connectivity index (χ2n) is 10.1. The van der Waals surface area contributed by atoms with Gasteiger partial charge >= 0.3 is 0 Å². The summed E-state index contributed by atoms with van der Waals surface area (Å²) in [7, 11) is 0. The van der Waals surface area contributed by atoms with E-state index in [2.05, 4.69) is 97.1 Å². The molecule has 41 heavy (non-hydrogen) atoms. The van der Waals surface area contributed by atoms with Gasteiger partial charge in [0.2, 0.25) is 0 Å². The van der Waals surface area contributed by atoms with E-state index in [1.54, 1.807) is 0 Å². The molecule has 0 radical (unpaired) electrons. The molecule has 8 rings (SSSR count). The van der Waals surface area contributed by atoms with Crippen molar-refractivity contribution in [3.8, 4) is 45.3 Å². The highest BCUT2D eigenvalue weighted by Gasteiger charge is 2.18. The summed E-state index contributed by atoms with van der Waals surface area (Å²) in [4.78, 5) is 15.1. The van der Waals surface area contributed by atoms with Crippen LogP contribution in [-0.2, 0) is 0 Å². The standard InChI is InChI=1S/C37H23N3O/c1-2-10-24(11-3-1)27-14-8-15-28(22-27)35-38-36(29-21-20-25-12-4-5-13-26(25)23-29)40-37(39-35)32-18-9-17-31-30-16-6-7-19-33(30)41-34(31)32/h1-23H. The molecule has 6 aromatic carbocycles. The van der Waals surface area contributed by atoms with Crippen molar-refractivity contribution >= 4 is 32.7 Å². The molecule has 0 N–H and O–H groups in total. The second kappa shape index (κ2) is 9.54. The van der Waals surface area contributed by atoms with E-state index >= 15 is 0 Å². The zero-order valence-corrected chi connectivity index (χ0v) is 22.0. The maximum absolute atomic E-state index is 6.36. The van der Waals surface area contributed by atoms with Crippen molar-refractivity contribution in [1.29, 1.82) is 0 Å². The van der Waals surface area contributed by atoms with Crippen LogP contribution < -0.4 is 0 Å². The van der Waals surface area contributed by atoms with Crippen LogP contribution in [0.2, 0.25) is 0 Å². The van der Waals surface area contributed by atoms with Crippen molar-refractivity contribution in [2.45, 2.75) is 0 Å². The van der Waals surface area contributed by atoms with Gasteiger partial charge in [-0.25, -0.2) is 15.0 Å². The number of aromatic nitrogens is 3. The van der Waals surface area contributed by atoms with Crippen molar-refractivity contribution in [1.82, 2.24) is 15.0 Å². The lowest BCUT2D eigenvalue weighted by Crippen LogP contribution is -2.00. The van der Waals surface area contributed by atoms with Crippen molar-refractivity contribution in [2.75, 3.05) is 0 Å². The highest BCUT2D eigenvalue weighted by Crippen LogP contribution is 2.36. The number of nitrogens with zero attached hydrogens (tertiary/aromatic N) is 3. The van der Waals surface area contributed by atoms with E-state index in [0.29, 0.717) is 17.5 Å². The molecule has 0 atom stereocenters. The van der Waals surface area contributed by atoms with Gasteiger partial charge in [-0.3, -0.25) is 0 Å². The van der Waals surface area contributed by atoms with E-state index in [1.807, 2.05) is 42.5 Å². The number of furan rings is 1. The number of para-hydroxylation sites is 2. The van der Waals surface area contributed by atoms with Crippen LogP contribution in [0.25, 0.3) is 78.0 Å². The van der Waals surface area contributed by atoms with Crippen molar-refractivity contribution in [3.63, 3.8) is 0 Å². The first-order chi connectivity index (χ1) is 20.3. The molecule has 0 amide bonds. The molecule has 4 nitrogen and oxygen atoms in total. The minimum Gasteiger partial charge on any atom is -0.455 e. The molecule has 0 aliphatic rings. The largest absolute Gasteiger partial charge is 0.455 e. The van der Waals surface area contributed by atoms with Gasteiger partial charge < -0.3 is 4.42 Å². The van der Waals surface area contributed by atoms with Gasteiger partial charge in [0.15, 0.2) is 17.5 Å². The monoisotopic (exact) mass is 525 g/mol.